The Morgan fingerprint density at radius 3 is 1.25 bits per heavy atom. The summed E-state index contributed by atoms with van der Waals surface area (Å²) in [6.45, 7) is -0.446. The van der Waals surface area contributed by atoms with E-state index in [1.165, 1.54) is 0 Å². The molecular weight excluding hydrogens is 256 g/mol. The molecule has 0 fully saturated rings. The highest BCUT2D eigenvalue weighted by Gasteiger charge is 2.10. The first-order valence-corrected chi connectivity index (χ1v) is 6.41. The number of hydrogen-bond donors (Lipinski definition) is 4. The molecule has 0 heterocycles. The maximum Gasteiger partial charge on any atom is 0.0687 e. The largest absolute Gasteiger partial charge is 0.392 e. The van der Waals surface area contributed by atoms with Crippen LogP contribution >= 0.6 is 0 Å². The van der Waals surface area contributed by atoms with Gasteiger partial charge in [0.05, 0.1) is 26.4 Å². The van der Waals surface area contributed by atoms with Crippen molar-refractivity contribution in [2.45, 2.75) is 26.4 Å². The van der Waals surface area contributed by atoms with E-state index in [0.29, 0.717) is 11.1 Å². The maximum atomic E-state index is 9.48. The molecular formula is C16H18O4. The predicted octanol–water partition coefficient (Wildman–Crippen LogP) is 1.32. The minimum Gasteiger partial charge on any atom is -0.392 e. The first-order valence-electron chi connectivity index (χ1n) is 6.41. The Kier molecular flexibility index (Phi) is 4.87. The summed E-state index contributed by atoms with van der Waals surface area (Å²) in [7, 11) is 0. The zero-order valence-corrected chi connectivity index (χ0v) is 11.1. The smallest absolute Gasteiger partial charge is 0.0687 e. The number of hydrogen-bond acceptors (Lipinski definition) is 4. The summed E-state index contributed by atoms with van der Waals surface area (Å²) in [6, 6.07) is 10.7. The number of benzene rings is 2. The number of rotatable bonds is 5. The SMILES string of the molecule is OCc1ccc(-c2ccc(CO)cc2CO)c(CO)c1. The highest BCUT2D eigenvalue weighted by atomic mass is 16.3. The topological polar surface area (TPSA) is 80.9 Å². The van der Waals surface area contributed by atoms with Crippen LogP contribution in [0.4, 0.5) is 0 Å². The van der Waals surface area contributed by atoms with Gasteiger partial charge in [-0.25, -0.2) is 0 Å². The van der Waals surface area contributed by atoms with Gasteiger partial charge in [0.2, 0.25) is 0 Å². The van der Waals surface area contributed by atoms with Crippen LogP contribution in [0.1, 0.15) is 22.3 Å². The van der Waals surface area contributed by atoms with Crippen molar-refractivity contribution >= 4 is 0 Å². The van der Waals surface area contributed by atoms with Gasteiger partial charge in [0.15, 0.2) is 0 Å². The Bertz CT molecular complexity index is 540. The van der Waals surface area contributed by atoms with E-state index in [9.17, 15) is 10.2 Å². The molecule has 0 saturated carbocycles. The molecule has 0 spiro atoms. The summed E-state index contributed by atoms with van der Waals surface area (Å²) in [4.78, 5) is 0. The summed E-state index contributed by atoms with van der Waals surface area (Å²) in [5.74, 6) is 0. The van der Waals surface area contributed by atoms with Crippen LogP contribution in [0.3, 0.4) is 0 Å². The lowest BCUT2D eigenvalue weighted by Gasteiger charge is -2.14. The van der Waals surface area contributed by atoms with Crippen LogP contribution in [0, 0.1) is 0 Å². The molecule has 106 valence electrons. The molecule has 0 bridgehead atoms. The Hall–Kier alpha value is -1.72. The number of aliphatic hydroxyl groups is 4. The average molecular weight is 274 g/mol. The van der Waals surface area contributed by atoms with Crippen LogP contribution in [0.2, 0.25) is 0 Å². The van der Waals surface area contributed by atoms with Gasteiger partial charge >= 0.3 is 0 Å². The van der Waals surface area contributed by atoms with Crippen molar-refractivity contribution in [3.8, 4) is 11.1 Å². The molecule has 0 aliphatic rings. The van der Waals surface area contributed by atoms with E-state index in [4.69, 9.17) is 10.2 Å². The highest BCUT2D eigenvalue weighted by molar-refractivity contribution is 5.71. The van der Waals surface area contributed by atoms with Crippen molar-refractivity contribution in [1.82, 2.24) is 0 Å². The van der Waals surface area contributed by atoms with E-state index in [0.717, 1.165) is 22.3 Å². The van der Waals surface area contributed by atoms with E-state index < -0.39 is 0 Å². The van der Waals surface area contributed by atoms with E-state index in [1.807, 2.05) is 12.1 Å². The third kappa shape index (κ3) is 2.89. The molecule has 0 atom stereocenters. The van der Waals surface area contributed by atoms with Crippen molar-refractivity contribution < 1.29 is 20.4 Å². The van der Waals surface area contributed by atoms with Gasteiger partial charge in [-0.05, 0) is 33.4 Å². The first-order chi connectivity index (χ1) is 9.73. The minimum absolute atomic E-state index is 0.0798. The number of aliphatic hydroxyl groups excluding tert-OH is 4. The zero-order chi connectivity index (χ0) is 14.5. The molecule has 4 nitrogen and oxygen atoms in total. The van der Waals surface area contributed by atoms with Gasteiger partial charge in [-0.2, -0.15) is 0 Å². The van der Waals surface area contributed by atoms with Gasteiger partial charge < -0.3 is 20.4 Å². The molecule has 0 unspecified atom stereocenters. The molecule has 2 rings (SSSR count). The van der Waals surface area contributed by atoms with Gasteiger partial charge in [-0.15, -0.1) is 0 Å². The van der Waals surface area contributed by atoms with Crippen molar-refractivity contribution in [1.29, 1.82) is 0 Å². The van der Waals surface area contributed by atoms with Crippen molar-refractivity contribution in [2.24, 2.45) is 0 Å². The van der Waals surface area contributed by atoms with E-state index >= 15 is 0 Å². The molecule has 0 amide bonds. The van der Waals surface area contributed by atoms with Crippen LogP contribution < -0.4 is 0 Å². The van der Waals surface area contributed by atoms with E-state index in [2.05, 4.69) is 0 Å². The fourth-order valence-electron chi connectivity index (χ4n) is 2.28. The fraction of sp³-hybridized carbons (Fsp3) is 0.250. The highest BCUT2D eigenvalue weighted by Crippen LogP contribution is 2.29. The molecule has 0 aliphatic carbocycles. The lowest BCUT2D eigenvalue weighted by molar-refractivity contribution is 0.274. The van der Waals surface area contributed by atoms with Crippen molar-refractivity contribution in [3.63, 3.8) is 0 Å². The zero-order valence-electron chi connectivity index (χ0n) is 11.1. The fourth-order valence-corrected chi connectivity index (χ4v) is 2.28. The molecule has 0 aliphatic heterocycles. The van der Waals surface area contributed by atoms with Crippen molar-refractivity contribution in [2.75, 3.05) is 0 Å². The molecule has 0 aromatic heterocycles. The monoisotopic (exact) mass is 274 g/mol. The molecule has 0 radical (unpaired) electrons. The second-order valence-electron chi connectivity index (χ2n) is 4.62. The summed E-state index contributed by atoms with van der Waals surface area (Å²) < 4.78 is 0. The van der Waals surface area contributed by atoms with Crippen LogP contribution in [-0.2, 0) is 26.4 Å². The third-order valence-corrected chi connectivity index (χ3v) is 3.34. The lowest BCUT2D eigenvalue weighted by atomic mass is 9.93. The predicted molar refractivity (Wildman–Crippen MR) is 75.6 cm³/mol. The molecule has 2 aromatic rings. The standard InChI is InChI=1S/C16H18O4/c17-7-11-1-3-15(13(5-11)9-19)16-4-2-12(8-18)6-14(16)10-20/h1-6,17-20H,7-10H2. The van der Waals surface area contributed by atoms with Crippen molar-refractivity contribution in [3.05, 3.63) is 58.7 Å². The first kappa shape index (κ1) is 14.7. The summed E-state index contributed by atoms with van der Waals surface area (Å²) >= 11 is 0. The summed E-state index contributed by atoms with van der Waals surface area (Å²) in [6.07, 6.45) is 0. The summed E-state index contributed by atoms with van der Waals surface area (Å²) in [5.41, 5.74) is 4.49. The molecule has 2 aromatic carbocycles. The summed E-state index contributed by atoms with van der Waals surface area (Å²) in [5, 5.41) is 37.2. The molecule has 0 saturated heterocycles. The van der Waals surface area contributed by atoms with Gasteiger partial charge in [0.1, 0.15) is 0 Å². The maximum absolute atomic E-state index is 9.48. The minimum atomic E-state index is -0.143. The van der Waals surface area contributed by atoms with Crippen LogP contribution in [0.5, 0.6) is 0 Å². The van der Waals surface area contributed by atoms with Gasteiger partial charge in [0, 0.05) is 0 Å². The van der Waals surface area contributed by atoms with Gasteiger partial charge in [-0.1, -0.05) is 36.4 Å². The van der Waals surface area contributed by atoms with Crippen LogP contribution in [0.15, 0.2) is 36.4 Å². The van der Waals surface area contributed by atoms with E-state index in [1.54, 1.807) is 24.3 Å². The second kappa shape index (κ2) is 6.63. The second-order valence-corrected chi connectivity index (χ2v) is 4.62. The van der Waals surface area contributed by atoms with Gasteiger partial charge in [-0.3, -0.25) is 0 Å². The Balaban J connectivity index is 2.55. The molecule has 20 heavy (non-hydrogen) atoms. The lowest BCUT2D eigenvalue weighted by Crippen LogP contribution is -1.98. The van der Waals surface area contributed by atoms with E-state index in [-0.39, 0.29) is 26.4 Å². The van der Waals surface area contributed by atoms with Crippen LogP contribution in [-0.4, -0.2) is 20.4 Å². The molecule has 4 heteroatoms. The quantitative estimate of drug-likeness (QED) is 0.663. The average Bonchev–Trinajstić information content (AvgIpc) is 2.53. The van der Waals surface area contributed by atoms with Crippen LogP contribution in [0.25, 0.3) is 11.1 Å². The Labute approximate surface area is 117 Å². The third-order valence-electron chi connectivity index (χ3n) is 3.34. The van der Waals surface area contributed by atoms with Gasteiger partial charge in [0.25, 0.3) is 0 Å². The molecule has 4 N–H and O–H groups in total. The Morgan fingerprint density at radius 1 is 0.550 bits per heavy atom. The Morgan fingerprint density at radius 2 is 0.950 bits per heavy atom. The normalized spacial score (nSPS) is 10.8.